The Morgan fingerprint density at radius 2 is 0.968 bits per heavy atom. The predicted octanol–water partition coefficient (Wildman–Crippen LogP) is 2.83. The second-order valence-corrected chi connectivity index (χ2v) is 15.3. The average molecular weight is 901 g/mol. The zero-order valence-corrected chi connectivity index (χ0v) is 36.3. The molecule has 3 fully saturated rings. The molecule has 19 heteroatoms. The molecule has 18 nitrogen and oxygen atoms in total. The fourth-order valence-electron chi connectivity index (χ4n) is 7.32. The Morgan fingerprint density at radius 1 is 0.581 bits per heavy atom. The van der Waals surface area contributed by atoms with E-state index in [-0.39, 0.29) is 74.1 Å². The third kappa shape index (κ3) is 20.1. The van der Waals surface area contributed by atoms with Crippen LogP contribution in [0.25, 0.3) is 0 Å². The van der Waals surface area contributed by atoms with Crippen molar-refractivity contribution in [1.82, 2.24) is 14.9 Å². The minimum absolute atomic E-state index is 0. The number of ether oxygens (including phenoxy) is 4. The number of hydrogen-bond donors (Lipinski definition) is 2. The number of halogens is 1. The van der Waals surface area contributed by atoms with Crippen LogP contribution in [0.15, 0.2) is 24.3 Å². The number of imide groups is 3. The van der Waals surface area contributed by atoms with Gasteiger partial charge in [0, 0.05) is 88.9 Å². The number of carbonyl (C=O) groups is 8. The first-order valence-corrected chi connectivity index (χ1v) is 21.4. The summed E-state index contributed by atoms with van der Waals surface area (Å²) in [6.07, 6.45) is 13.6. The molecule has 0 radical (unpaired) electrons. The highest BCUT2D eigenvalue weighted by Gasteiger charge is 2.37. The van der Waals surface area contributed by atoms with Crippen LogP contribution < -0.4 is 11.5 Å². The molecule has 352 valence electrons. The molecule has 0 atom stereocenters. The van der Waals surface area contributed by atoms with Gasteiger partial charge in [0.05, 0.1) is 45.6 Å². The largest absolute Gasteiger partial charge is 0.379 e. The lowest BCUT2D eigenvalue weighted by Gasteiger charge is -2.30. The number of nitrogens with zero attached hydrogens (tertiary/aromatic N) is 3. The molecule has 0 aromatic heterocycles. The van der Waals surface area contributed by atoms with Crippen molar-refractivity contribution < 1.29 is 62.1 Å². The van der Waals surface area contributed by atoms with Crippen molar-refractivity contribution in [2.75, 3.05) is 79.0 Å². The van der Waals surface area contributed by atoms with E-state index in [4.69, 9.17) is 35.3 Å². The van der Waals surface area contributed by atoms with E-state index in [1.165, 1.54) is 34.1 Å². The Hall–Kier alpha value is -3.91. The average Bonchev–Trinajstić information content (AvgIpc) is 3.87. The zero-order valence-electron chi connectivity index (χ0n) is 35.5. The van der Waals surface area contributed by atoms with E-state index in [0.717, 1.165) is 45.1 Å². The molecule has 0 bridgehead atoms. The highest BCUT2D eigenvalue weighted by Crippen LogP contribution is 2.32. The number of ketones is 1. The molecule has 0 aromatic carbocycles. The van der Waals surface area contributed by atoms with Crippen LogP contribution in [0.2, 0.25) is 0 Å². The van der Waals surface area contributed by atoms with Crippen molar-refractivity contribution in [2.24, 2.45) is 35.1 Å². The van der Waals surface area contributed by atoms with Crippen molar-refractivity contribution in [2.45, 2.75) is 97.8 Å². The summed E-state index contributed by atoms with van der Waals surface area (Å²) in [4.78, 5) is 101. The number of nitrogens with two attached hydrogens (primary N) is 2. The lowest BCUT2D eigenvalue weighted by Crippen LogP contribution is -2.38. The molecule has 62 heavy (non-hydrogen) atoms. The number of Topliss-reactive ketones (excluding diaryl/α,β-unsaturated/α-hetero) is 1. The maximum atomic E-state index is 12.3. The molecular weight excluding hydrogens is 830 g/mol. The Labute approximate surface area is 372 Å². The number of rotatable bonds is 23. The normalized spacial score (nSPS) is 21.9. The summed E-state index contributed by atoms with van der Waals surface area (Å²) in [7, 11) is 0. The van der Waals surface area contributed by atoms with E-state index in [1.807, 2.05) is 0 Å². The van der Waals surface area contributed by atoms with Gasteiger partial charge in [-0.3, -0.25) is 43.4 Å². The van der Waals surface area contributed by atoms with Crippen molar-refractivity contribution in [3.63, 3.8) is 0 Å². The number of hydrogen-bond acceptors (Lipinski definition) is 15. The van der Waals surface area contributed by atoms with Gasteiger partial charge in [0.15, 0.2) is 0 Å². The molecule has 0 aromatic rings. The van der Waals surface area contributed by atoms with Crippen LogP contribution in [0.3, 0.4) is 0 Å². The Kier molecular flexibility index (Phi) is 28.8. The predicted molar refractivity (Wildman–Crippen MR) is 230 cm³/mol. The summed E-state index contributed by atoms with van der Waals surface area (Å²) in [6, 6.07) is 0. The second-order valence-electron chi connectivity index (χ2n) is 15.3. The molecule has 1 saturated heterocycles. The van der Waals surface area contributed by atoms with E-state index in [2.05, 4.69) is 6.92 Å². The van der Waals surface area contributed by atoms with Gasteiger partial charge in [-0.25, -0.2) is 4.79 Å². The van der Waals surface area contributed by atoms with Gasteiger partial charge in [-0.15, -0.1) is 17.5 Å². The maximum absolute atomic E-state index is 12.3. The fourth-order valence-corrected chi connectivity index (χ4v) is 7.32. The number of amides is 6. The van der Waals surface area contributed by atoms with E-state index >= 15 is 0 Å². The second kappa shape index (κ2) is 31.9. The van der Waals surface area contributed by atoms with E-state index in [9.17, 15) is 38.4 Å². The monoisotopic (exact) mass is 899 g/mol. The van der Waals surface area contributed by atoms with Gasteiger partial charge in [-0.2, -0.15) is 0 Å². The van der Waals surface area contributed by atoms with Crippen molar-refractivity contribution in [3.05, 3.63) is 24.3 Å². The van der Waals surface area contributed by atoms with Gasteiger partial charge in [-0.05, 0) is 76.0 Å². The molecule has 6 amide bonds. The summed E-state index contributed by atoms with van der Waals surface area (Å²) in [5.74, 6) is -2.06. The number of carbonyl (C=O) groups excluding carboxylic acids is 8. The van der Waals surface area contributed by atoms with Crippen LogP contribution in [0.5, 0.6) is 0 Å². The molecule has 2 saturated carbocycles. The summed E-state index contributed by atoms with van der Waals surface area (Å²) in [5.41, 5.74) is 10.5. The quantitative estimate of drug-likeness (QED) is 0.111. The Balaban J connectivity index is 0.000000498. The summed E-state index contributed by atoms with van der Waals surface area (Å²) in [6.45, 7) is 9.01. The number of hydroxylamine groups is 2. The van der Waals surface area contributed by atoms with Gasteiger partial charge in [0.25, 0.3) is 35.4 Å². The molecule has 2 aliphatic carbocycles. The smallest absolute Gasteiger partial charge is 0.336 e. The first kappa shape index (κ1) is 56.1. The highest BCUT2D eigenvalue weighted by molar-refractivity contribution is 6.13. The molecular formula is C43H70ClN5O13. The fraction of sp³-hybridized carbons (Fsp3) is 0.721. The standard InChI is InChI=1S/C19H30N2O5.C16H18N2O6.C7H17NO2.CH4.ClH/c20-9-11-26-13-12-25-10-1-2-17(22)16-5-3-15(4-6-16)14-21-18(23)7-8-19(21)24;19-12-5-6-13(20)17(12)9-10-1-3-11(4-2-10)16(23)24-18-14(21)7-8-15(18)22;1-2-4-9-6-7-10-5-3-8;;/h7-8,15-16H,1-6,9-14,20H2;5-6,10-11H,1-4,7-9H2;2-8H2,1H3;1H4;1H. The third-order valence-electron chi connectivity index (χ3n) is 10.7. The van der Waals surface area contributed by atoms with Crippen LogP contribution in [0.1, 0.15) is 97.8 Å². The molecule has 4 N–H and O–H groups in total. The summed E-state index contributed by atoms with van der Waals surface area (Å²) in [5, 5.41) is 0.571. The molecule has 5 aliphatic rings. The molecule has 0 unspecified atom stereocenters. The maximum Gasteiger partial charge on any atom is 0.336 e. The van der Waals surface area contributed by atoms with Crippen LogP contribution >= 0.6 is 12.4 Å². The minimum atomic E-state index is -0.563. The summed E-state index contributed by atoms with van der Waals surface area (Å²) >= 11 is 0. The molecule has 3 heterocycles. The van der Waals surface area contributed by atoms with Gasteiger partial charge < -0.3 is 35.3 Å². The highest BCUT2D eigenvalue weighted by atomic mass is 35.5. The molecule has 0 spiro atoms. The van der Waals surface area contributed by atoms with Gasteiger partial charge in [0.1, 0.15) is 5.78 Å². The van der Waals surface area contributed by atoms with Crippen LogP contribution in [0, 0.1) is 23.7 Å². The van der Waals surface area contributed by atoms with Gasteiger partial charge in [-0.1, -0.05) is 14.4 Å². The van der Waals surface area contributed by atoms with Crippen molar-refractivity contribution in [1.29, 1.82) is 0 Å². The lowest BCUT2D eigenvalue weighted by molar-refractivity contribution is -0.201. The van der Waals surface area contributed by atoms with Crippen molar-refractivity contribution >= 4 is 59.6 Å². The SMILES string of the molecule is C.CCCOCCOCCN.Cl.NCCOCCOCCCC(=O)C1CCC(CN2C(=O)C=CC2=O)CC1.O=C(ON1C(=O)CCC1=O)C1CCC(CN2C(=O)C=CC2=O)CC1. The first-order valence-electron chi connectivity index (χ1n) is 21.4. The van der Waals surface area contributed by atoms with E-state index < -0.39 is 17.8 Å². The Morgan fingerprint density at radius 3 is 1.37 bits per heavy atom. The van der Waals surface area contributed by atoms with E-state index in [1.54, 1.807) is 0 Å². The van der Waals surface area contributed by atoms with Crippen LogP contribution in [-0.2, 0) is 62.1 Å². The van der Waals surface area contributed by atoms with Crippen LogP contribution in [-0.4, -0.2) is 141 Å². The van der Waals surface area contributed by atoms with Crippen molar-refractivity contribution in [3.8, 4) is 0 Å². The molecule has 3 aliphatic heterocycles. The van der Waals surface area contributed by atoms with Crippen LogP contribution in [0.4, 0.5) is 0 Å². The van der Waals surface area contributed by atoms with Gasteiger partial charge >= 0.3 is 5.97 Å². The molecule has 5 rings (SSSR count). The topological polar surface area (TPSA) is 244 Å². The van der Waals surface area contributed by atoms with Gasteiger partial charge in [0.2, 0.25) is 0 Å². The minimum Gasteiger partial charge on any atom is -0.379 e. The van der Waals surface area contributed by atoms with E-state index in [0.29, 0.717) is 121 Å². The Bertz CT molecular complexity index is 1440. The zero-order chi connectivity index (χ0) is 43.7. The summed E-state index contributed by atoms with van der Waals surface area (Å²) < 4.78 is 20.9. The first-order chi connectivity index (χ1) is 29.0. The lowest BCUT2D eigenvalue weighted by atomic mass is 9.79. The third-order valence-corrected chi connectivity index (χ3v) is 10.7.